The number of carbonyl (C=O) groups excluding carboxylic acids is 1. The van der Waals surface area contributed by atoms with Crippen LogP contribution >= 0.6 is 0 Å². The molecule has 0 saturated carbocycles. The Balaban J connectivity index is 1.63. The Kier molecular flexibility index (Phi) is 3.78. The molecule has 0 bridgehead atoms. The third-order valence-corrected chi connectivity index (χ3v) is 3.37. The van der Waals surface area contributed by atoms with Crippen molar-refractivity contribution >= 4 is 5.91 Å². The minimum absolute atomic E-state index is 0.0174. The van der Waals surface area contributed by atoms with E-state index in [1.807, 2.05) is 18.2 Å². The molecule has 0 unspecified atom stereocenters. The smallest absolute Gasteiger partial charge is 0.225 e. The summed E-state index contributed by atoms with van der Waals surface area (Å²) in [5.41, 5.74) is 1.86. The molecule has 104 valence electrons. The van der Waals surface area contributed by atoms with Crippen molar-refractivity contribution in [1.29, 1.82) is 0 Å². The Morgan fingerprint density at radius 2 is 2.40 bits per heavy atom. The van der Waals surface area contributed by atoms with Gasteiger partial charge in [-0.3, -0.25) is 9.78 Å². The number of hydrogen-bond donors (Lipinski definition) is 1. The van der Waals surface area contributed by atoms with E-state index in [0.29, 0.717) is 19.8 Å². The van der Waals surface area contributed by atoms with E-state index in [4.69, 9.17) is 9.15 Å². The number of amides is 1. The van der Waals surface area contributed by atoms with Crippen LogP contribution in [0.5, 0.6) is 0 Å². The Hall–Kier alpha value is -2.14. The largest absolute Gasteiger partial charge is 0.464 e. The van der Waals surface area contributed by atoms with Gasteiger partial charge in [0.2, 0.25) is 5.91 Å². The fourth-order valence-electron chi connectivity index (χ4n) is 2.24. The molecule has 0 radical (unpaired) electrons. The van der Waals surface area contributed by atoms with Gasteiger partial charge in [-0.15, -0.1) is 0 Å². The molecule has 3 heterocycles. The first kappa shape index (κ1) is 12.9. The second-order valence-corrected chi connectivity index (χ2v) is 4.84. The first-order chi connectivity index (χ1) is 9.83. The van der Waals surface area contributed by atoms with Crippen molar-refractivity contribution in [2.45, 2.75) is 13.0 Å². The van der Waals surface area contributed by atoms with E-state index in [-0.39, 0.29) is 11.8 Å². The van der Waals surface area contributed by atoms with E-state index in [1.54, 1.807) is 18.7 Å². The molecule has 3 rings (SSSR count). The molecule has 1 aliphatic rings. The van der Waals surface area contributed by atoms with E-state index in [1.165, 1.54) is 0 Å². The molecule has 2 aromatic rings. The lowest BCUT2D eigenvalue weighted by molar-refractivity contribution is -0.125. The third-order valence-electron chi connectivity index (χ3n) is 3.37. The van der Waals surface area contributed by atoms with Crippen molar-refractivity contribution in [1.82, 2.24) is 10.3 Å². The van der Waals surface area contributed by atoms with Gasteiger partial charge < -0.3 is 14.5 Å². The highest BCUT2D eigenvalue weighted by Gasteiger charge is 2.22. The van der Waals surface area contributed by atoms with Crippen LogP contribution in [-0.4, -0.2) is 24.1 Å². The summed E-state index contributed by atoms with van der Waals surface area (Å²) in [6.45, 7) is 1.67. The maximum absolute atomic E-state index is 11.9. The first-order valence-electron chi connectivity index (χ1n) is 6.66. The summed E-state index contributed by atoms with van der Waals surface area (Å²) in [6, 6.07) is 5.69. The molecule has 2 aromatic heterocycles. The summed E-state index contributed by atoms with van der Waals surface area (Å²) in [7, 11) is 0. The van der Waals surface area contributed by atoms with E-state index >= 15 is 0 Å². The predicted octanol–water partition coefficient (Wildman–Crippen LogP) is 1.99. The quantitative estimate of drug-likeness (QED) is 0.924. The molecule has 1 fully saturated rings. The predicted molar refractivity (Wildman–Crippen MR) is 72.7 cm³/mol. The van der Waals surface area contributed by atoms with Crippen LogP contribution in [0.1, 0.15) is 12.0 Å². The van der Waals surface area contributed by atoms with Crippen LogP contribution < -0.4 is 5.32 Å². The Morgan fingerprint density at radius 1 is 1.45 bits per heavy atom. The van der Waals surface area contributed by atoms with E-state index in [0.717, 1.165) is 23.3 Å². The van der Waals surface area contributed by atoms with Crippen LogP contribution in [0.25, 0.3) is 11.3 Å². The van der Waals surface area contributed by atoms with Gasteiger partial charge in [-0.05, 0) is 30.2 Å². The number of ether oxygens (including phenoxy) is 1. The van der Waals surface area contributed by atoms with Crippen molar-refractivity contribution in [3.8, 4) is 11.3 Å². The number of furan rings is 1. The number of rotatable bonds is 4. The summed E-state index contributed by atoms with van der Waals surface area (Å²) < 4.78 is 10.6. The summed E-state index contributed by atoms with van der Waals surface area (Å²) in [6.07, 6.45) is 5.92. The van der Waals surface area contributed by atoms with Crippen LogP contribution in [0.3, 0.4) is 0 Å². The molecule has 0 spiro atoms. The molecule has 1 saturated heterocycles. The molecule has 1 aliphatic heterocycles. The van der Waals surface area contributed by atoms with Crippen LogP contribution in [0.15, 0.2) is 41.3 Å². The maximum Gasteiger partial charge on any atom is 0.225 e. The number of pyridine rings is 1. The van der Waals surface area contributed by atoms with Gasteiger partial charge in [0.05, 0.1) is 18.8 Å². The monoisotopic (exact) mass is 272 g/mol. The van der Waals surface area contributed by atoms with Crippen molar-refractivity contribution in [3.63, 3.8) is 0 Å². The molecule has 1 amide bonds. The highest BCUT2D eigenvalue weighted by atomic mass is 16.5. The topological polar surface area (TPSA) is 64.4 Å². The van der Waals surface area contributed by atoms with Gasteiger partial charge >= 0.3 is 0 Å². The summed E-state index contributed by atoms with van der Waals surface area (Å²) in [5.74, 6) is 0.803. The maximum atomic E-state index is 11.9. The zero-order chi connectivity index (χ0) is 13.8. The second-order valence-electron chi connectivity index (χ2n) is 4.84. The van der Waals surface area contributed by atoms with Crippen LogP contribution in [0.4, 0.5) is 0 Å². The van der Waals surface area contributed by atoms with Crippen molar-refractivity contribution < 1.29 is 13.9 Å². The number of nitrogens with one attached hydrogen (secondary N) is 1. The van der Waals surface area contributed by atoms with Crippen molar-refractivity contribution in [3.05, 3.63) is 42.4 Å². The van der Waals surface area contributed by atoms with Gasteiger partial charge in [-0.25, -0.2) is 0 Å². The third kappa shape index (κ3) is 2.88. The van der Waals surface area contributed by atoms with Gasteiger partial charge in [-0.1, -0.05) is 0 Å². The van der Waals surface area contributed by atoms with Crippen molar-refractivity contribution in [2.24, 2.45) is 5.92 Å². The second kappa shape index (κ2) is 5.88. The van der Waals surface area contributed by atoms with Gasteiger partial charge in [-0.2, -0.15) is 0 Å². The van der Waals surface area contributed by atoms with Crippen molar-refractivity contribution in [2.75, 3.05) is 13.2 Å². The lowest BCUT2D eigenvalue weighted by Crippen LogP contribution is -2.30. The molecule has 5 nitrogen and oxygen atoms in total. The average Bonchev–Trinajstić information content (AvgIpc) is 3.17. The van der Waals surface area contributed by atoms with E-state index in [2.05, 4.69) is 10.3 Å². The zero-order valence-electron chi connectivity index (χ0n) is 11.0. The van der Waals surface area contributed by atoms with Crippen LogP contribution in [0, 0.1) is 5.92 Å². The number of hydrogen-bond acceptors (Lipinski definition) is 4. The Morgan fingerprint density at radius 3 is 3.15 bits per heavy atom. The lowest BCUT2D eigenvalue weighted by Gasteiger charge is -2.09. The number of carbonyl (C=O) groups is 1. The molecule has 1 atom stereocenters. The average molecular weight is 272 g/mol. The van der Waals surface area contributed by atoms with Crippen LogP contribution in [-0.2, 0) is 16.1 Å². The molecule has 1 N–H and O–H groups in total. The first-order valence-corrected chi connectivity index (χ1v) is 6.66. The van der Waals surface area contributed by atoms with Gasteiger partial charge in [0.1, 0.15) is 5.76 Å². The highest BCUT2D eigenvalue weighted by molar-refractivity contribution is 5.79. The number of nitrogens with zero attached hydrogens (tertiary/aromatic N) is 1. The van der Waals surface area contributed by atoms with Crippen LogP contribution in [0.2, 0.25) is 0 Å². The highest BCUT2D eigenvalue weighted by Crippen LogP contribution is 2.19. The molecule has 20 heavy (non-hydrogen) atoms. The summed E-state index contributed by atoms with van der Waals surface area (Å²) >= 11 is 0. The molecule has 0 aliphatic carbocycles. The molecule has 5 heteroatoms. The Bertz CT molecular complexity index is 575. The van der Waals surface area contributed by atoms with Gasteiger partial charge in [0.25, 0.3) is 0 Å². The molecular weight excluding hydrogens is 256 g/mol. The summed E-state index contributed by atoms with van der Waals surface area (Å²) in [5, 5.41) is 2.92. The normalized spacial score (nSPS) is 18.1. The minimum Gasteiger partial charge on any atom is -0.464 e. The number of aromatic nitrogens is 1. The standard InChI is InChI=1S/C15H16N2O3/c18-15(12-3-5-19-10-12)17-8-11-6-13(9-16-7-11)14-2-1-4-20-14/h1-2,4,6-7,9,12H,3,5,8,10H2,(H,17,18)/t12-/m0/s1. The fourth-order valence-corrected chi connectivity index (χ4v) is 2.24. The van der Waals surface area contributed by atoms with Gasteiger partial charge in [0, 0.05) is 31.1 Å². The zero-order valence-corrected chi connectivity index (χ0v) is 11.0. The fraction of sp³-hybridized carbons (Fsp3) is 0.333. The minimum atomic E-state index is -0.0174. The van der Waals surface area contributed by atoms with Gasteiger partial charge in [0.15, 0.2) is 0 Å². The molecular formula is C15H16N2O3. The lowest BCUT2D eigenvalue weighted by atomic mass is 10.1. The Labute approximate surface area is 117 Å². The van der Waals surface area contributed by atoms with E-state index in [9.17, 15) is 4.79 Å². The molecule has 0 aromatic carbocycles. The van der Waals surface area contributed by atoms with E-state index < -0.39 is 0 Å². The summed E-state index contributed by atoms with van der Waals surface area (Å²) in [4.78, 5) is 16.1. The SMILES string of the molecule is O=C(NCc1cncc(-c2ccco2)c1)[C@H]1CCOC1.